The minimum Gasteiger partial charge on any atom is -0.467 e. The number of alkyl halides is 3. The van der Waals surface area contributed by atoms with Crippen LogP contribution in [0.4, 0.5) is 13.2 Å². The molecule has 0 aliphatic carbocycles. The van der Waals surface area contributed by atoms with E-state index < -0.39 is 23.3 Å². The van der Waals surface area contributed by atoms with Crippen LogP contribution in [0.3, 0.4) is 0 Å². The van der Waals surface area contributed by atoms with Gasteiger partial charge in [-0.2, -0.15) is 13.2 Å². The second-order valence-electron chi connectivity index (χ2n) is 4.56. The number of methoxy groups -OCH3 is 1. The van der Waals surface area contributed by atoms with Gasteiger partial charge in [0, 0.05) is 13.1 Å². The molecule has 0 fully saturated rings. The van der Waals surface area contributed by atoms with Gasteiger partial charge in [-0.1, -0.05) is 12.1 Å². The molecule has 4 nitrogen and oxygen atoms in total. The van der Waals surface area contributed by atoms with Crippen molar-refractivity contribution in [3.05, 3.63) is 35.4 Å². The monoisotopic (exact) mass is 291 g/mol. The lowest BCUT2D eigenvalue weighted by molar-refractivity contribution is -0.159. The fraction of sp³-hybridized carbons (Fsp3) is 0.462. The first kappa shape index (κ1) is 16.5. The molecule has 0 saturated heterocycles. The average molecular weight is 291 g/mol. The first-order valence-corrected chi connectivity index (χ1v) is 5.84. The van der Waals surface area contributed by atoms with E-state index in [2.05, 4.69) is 10.1 Å². The maximum Gasteiger partial charge on any atom is 0.416 e. The highest BCUT2D eigenvalue weighted by atomic mass is 19.4. The molecule has 1 unspecified atom stereocenters. The molecule has 0 heterocycles. The molecule has 7 heteroatoms. The van der Waals surface area contributed by atoms with Crippen molar-refractivity contribution in [3.8, 4) is 0 Å². The fourth-order valence-corrected chi connectivity index (χ4v) is 1.55. The summed E-state index contributed by atoms with van der Waals surface area (Å²) in [5.41, 5.74) is -1.79. The van der Waals surface area contributed by atoms with Crippen LogP contribution in [-0.2, 0) is 22.3 Å². The predicted octanol–water partition coefficient (Wildman–Crippen LogP) is 1.72. The first-order chi connectivity index (χ1) is 9.16. The Bertz CT molecular complexity index is 455. The quantitative estimate of drug-likeness (QED) is 0.811. The first-order valence-electron chi connectivity index (χ1n) is 5.84. The standard InChI is InChI=1S/C13H16F3NO3/c1-12(19,11(18)20-2)8-17-7-9-3-5-10(6-4-9)13(14,15)16/h3-6,17,19H,7-8H2,1-2H3. The number of hydrogen-bond donors (Lipinski definition) is 2. The lowest BCUT2D eigenvalue weighted by atomic mass is 10.1. The molecule has 20 heavy (non-hydrogen) atoms. The molecular formula is C13H16F3NO3. The summed E-state index contributed by atoms with van der Waals surface area (Å²) in [6, 6.07) is 4.64. The Morgan fingerprint density at radius 2 is 1.85 bits per heavy atom. The largest absolute Gasteiger partial charge is 0.467 e. The van der Waals surface area contributed by atoms with Gasteiger partial charge in [0.2, 0.25) is 0 Å². The van der Waals surface area contributed by atoms with Gasteiger partial charge in [0.25, 0.3) is 0 Å². The molecule has 0 bridgehead atoms. The summed E-state index contributed by atoms with van der Waals surface area (Å²) >= 11 is 0. The van der Waals surface area contributed by atoms with Gasteiger partial charge in [0.15, 0.2) is 5.60 Å². The van der Waals surface area contributed by atoms with Gasteiger partial charge in [0.05, 0.1) is 12.7 Å². The van der Waals surface area contributed by atoms with E-state index in [0.29, 0.717) is 5.56 Å². The summed E-state index contributed by atoms with van der Waals surface area (Å²) < 4.78 is 41.5. The molecular weight excluding hydrogens is 275 g/mol. The summed E-state index contributed by atoms with van der Waals surface area (Å²) in [7, 11) is 1.16. The number of halogens is 3. The molecule has 0 aromatic heterocycles. The molecule has 112 valence electrons. The number of benzene rings is 1. The van der Waals surface area contributed by atoms with E-state index in [1.807, 2.05) is 0 Å². The molecule has 2 N–H and O–H groups in total. The Morgan fingerprint density at radius 3 is 2.30 bits per heavy atom. The van der Waals surface area contributed by atoms with E-state index in [1.54, 1.807) is 0 Å². The second-order valence-corrected chi connectivity index (χ2v) is 4.56. The molecule has 0 aliphatic heterocycles. The smallest absolute Gasteiger partial charge is 0.416 e. The number of aliphatic hydroxyl groups is 1. The Morgan fingerprint density at radius 1 is 1.30 bits per heavy atom. The molecule has 0 aliphatic rings. The van der Waals surface area contributed by atoms with Crippen molar-refractivity contribution in [3.63, 3.8) is 0 Å². The molecule has 1 aromatic carbocycles. The van der Waals surface area contributed by atoms with Crippen LogP contribution in [0.15, 0.2) is 24.3 Å². The molecule has 0 amide bonds. The third-order valence-corrected chi connectivity index (χ3v) is 2.70. The number of carbonyl (C=O) groups is 1. The summed E-state index contributed by atoms with van der Waals surface area (Å²) in [4.78, 5) is 11.2. The fourth-order valence-electron chi connectivity index (χ4n) is 1.55. The molecule has 1 rings (SSSR count). The van der Waals surface area contributed by atoms with Crippen LogP contribution >= 0.6 is 0 Å². The predicted molar refractivity (Wildman–Crippen MR) is 65.8 cm³/mol. The third kappa shape index (κ3) is 4.50. The highest BCUT2D eigenvalue weighted by molar-refractivity contribution is 5.78. The van der Waals surface area contributed by atoms with Gasteiger partial charge in [-0.15, -0.1) is 0 Å². The van der Waals surface area contributed by atoms with E-state index in [9.17, 15) is 23.1 Å². The summed E-state index contributed by atoms with van der Waals surface area (Å²) in [5, 5.41) is 12.5. The van der Waals surface area contributed by atoms with Crippen LogP contribution in [0.5, 0.6) is 0 Å². The normalized spacial score (nSPS) is 14.7. The van der Waals surface area contributed by atoms with Crippen LogP contribution in [0.1, 0.15) is 18.1 Å². The van der Waals surface area contributed by atoms with Crippen molar-refractivity contribution in [2.75, 3.05) is 13.7 Å². The SMILES string of the molecule is COC(=O)C(C)(O)CNCc1ccc(C(F)(F)F)cc1. The van der Waals surface area contributed by atoms with Crippen LogP contribution < -0.4 is 5.32 Å². The lowest BCUT2D eigenvalue weighted by Gasteiger charge is -2.20. The van der Waals surface area contributed by atoms with Gasteiger partial charge in [-0.05, 0) is 24.6 Å². The Balaban J connectivity index is 2.53. The highest BCUT2D eigenvalue weighted by Crippen LogP contribution is 2.29. The van der Waals surface area contributed by atoms with Crippen molar-refractivity contribution in [1.29, 1.82) is 0 Å². The van der Waals surface area contributed by atoms with E-state index in [1.165, 1.54) is 19.1 Å². The second kappa shape index (κ2) is 6.23. The zero-order valence-electron chi connectivity index (χ0n) is 11.1. The van der Waals surface area contributed by atoms with Crippen LogP contribution in [0.25, 0.3) is 0 Å². The van der Waals surface area contributed by atoms with Crippen LogP contribution in [0, 0.1) is 0 Å². The highest BCUT2D eigenvalue weighted by Gasteiger charge is 2.31. The summed E-state index contributed by atoms with van der Waals surface area (Å²) in [6.45, 7) is 1.45. The lowest BCUT2D eigenvalue weighted by Crippen LogP contribution is -2.45. The number of ether oxygens (including phenoxy) is 1. The van der Waals surface area contributed by atoms with Gasteiger partial charge in [0.1, 0.15) is 0 Å². The zero-order valence-corrected chi connectivity index (χ0v) is 11.1. The molecule has 1 aromatic rings. The van der Waals surface area contributed by atoms with Crippen molar-refractivity contribution >= 4 is 5.97 Å². The molecule has 0 radical (unpaired) electrons. The average Bonchev–Trinajstić information content (AvgIpc) is 2.37. The summed E-state index contributed by atoms with van der Waals surface area (Å²) in [5.74, 6) is -0.780. The number of esters is 1. The van der Waals surface area contributed by atoms with Crippen LogP contribution in [0.2, 0.25) is 0 Å². The van der Waals surface area contributed by atoms with E-state index in [-0.39, 0.29) is 13.1 Å². The van der Waals surface area contributed by atoms with Crippen molar-refractivity contribution in [1.82, 2.24) is 5.32 Å². The van der Waals surface area contributed by atoms with Gasteiger partial charge < -0.3 is 15.2 Å². The number of rotatable bonds is 5. The van der Waals surface area contributed by atoms with Crippen LogP contribution in [-0.4, -0.2) is 30.3 Å². The van der Waals surface area contributed by atoms with E-state index in [4.69, 9.17) is 0 Å². The maximum atomic E-state index is 12.4. The zero-order chi connectivity index (χ0) is 15.4. The Hall–Kier alpha value is -1.60. The van der Waals surface area contributed by atoms with Gasteiger partial charge in [-0.3, -0.25) is 0 Å². The van der Waals surface area contributed by atoms with Crippen molar-refractivity contribution in [2.45, 2.75) is 25.2 Å². The molecule has 0 saturated carbocycles. The third-order valence-electron chi connectivity index (χ3n) is 2.70. The summed E-state index contributed by atoms with van der Waals surface area (Å²) in [6.07, 6.45) is -4.36. The number of hydrogen-bond acceptors (Lipinski definition) is 4. The van der Waals surface area contributed by atoms with E-state index in [0.717, 1.165) is 19.2 Å². The molecule has 0 spiro atoms. The Labute approximate surface area is 114 Å². The topological polar surface area (TPSA) is 58.6 Å². The number of carbonyl (C=O) groups excluding carboxylic acids is 1. The molecule has 1 atom stereocenters. The maximum absolute atomic E-state index is 12.4. The van der Waals surface area contributed by atoms with Crippen molar-refractivity contribution < 1.29 is 27.8 Å². The van der Waals surface area contributed by atoms with Crippen molar-refractivity contribution in [2.24, 2.45) is 0 Å². The van der Waals surface area contributed by atoms with Gasteiger partial charge >= 0.3 is 12.1 Å². The van der Waals surface area contributed by atoms with E-state index >= 15 is 0 Å². The minimum atomic E-state index is -4.36. The Kier molecular flexibility index (Phi) is 5.13. The minimum absolute atomic E-state index is 0.0688. The van der Waals surface area contributed by atoms with Gasteiger partial charge in [-0.25, -0.2) is 4.79 Å². The number of nitrogens with one attached hydrogen (secondary N) is 1.